The predicted octanol–water partition coefficient (Wildman–Crippen LogP) is 3.97. The van der Waals surface area contributed by atoms with E-state index in [1.54, 1.807) is 13.0 Å². The standard InChI is InChI=1S/C15H12BrF2NO2/c1-8-4-10(17)3-2-9(8)7-21-15(20)11-5-14(19)13(18)6-12(11)16/h2-6H,7,19H2,1H3. The fourth-order valence-corrected chi connectivity index (χ4v) is 2.24. The molecule has 0 aliphatic rings. The molecule has 2 rings (SSSR count). The van der Waals surface area contributed by atoms with E-state index in [9.17, 15) is 13.6 Å². The third kappa shape index (κ3) is 3.58. The number of esters is 1. The van der Waals surface area contributed by atoms with Crippen molar-refractivity contribution in [3.8, 4) is 0 Å². The maximum atomic E-state index is 13.2. The number of nitrogen functional groups attached to an aromatic ring is 1. The minimum absolute atomic E-state index is 0.00529. The molecule has 0 aromatic heterocycles. The Morgan fingerprint density at radius 3 is 2.67 bits per heavy atom. The highest BCUT2D eigenvalue weighted by Crippen LogP contribution is 2.24. The van der Waals surface area contributed by atoms with E-state index < -0.39 is 11.8 Å². The Balaban J connectivity index is 2.13. The Kier molecular flexibility index (Phi) is 4.57. The van der Waals surface area contributed by atoms with Gasteiger partial charge in [-0.3, -0.25) is 0 Å². The molecule has 0 spiro atoms. The van der Waals surface area contributed by atoms with Crippen LogP contribution in [0.4, 0.5) is 14.5 Å². The summed E-state index contributed by atoms with van der Waals surface area (Å²) in [6.45, 7) is 1.71. The molecule has 110 valence electrons. The molecule has 0 heterocycles. The Hall–Kier alpha value is -1.95. The molecular formula is C15H12BrF2NO2. The smallest absolute Gasteiger partial charge is 0.339 e. The number of benzene rings is 2. The number of anilines is 1. The number of nitrogens with two attached hydrogens (primary N) is 1. The van der Waals surface area contributed by atoms with Crippen LogP contribution in [0.5, 0.6) is 0 Å². The van der Waals surface area contributed by atoms with Crippen LogP contribution in [0.1, 0.15) is 21.5 Å². The molecule has 0 saturated heterocycles. The zero-order chi connectivity index (χ0) is 15.6. The van der Waals surface area contributed by atoms with Gasteiger partial charge in [0.25, 0.3) is 0 Å². The minimum atomic E-state index is -0.641. The average Bonchev–Trinajstić information content (AvgIpc) is 2.41. The molecule has 0 atom stereocenters. The molecule has 0 bridgehead atoms. The first-order valence-corrected chi connectivity index (χ1v) is 6.84. The number of halogens is 3. The molecular weight excluding hydrogens is 344 g/mol. The van der Waals surface area contributed by atoms with E-state index in [-0.39, 0.29) is 28.1 Å². The van der Waals surface area contributed by atoms with E-state index in [2.05, 4.69) is 15.9 Å². The van der Waals surface area contributed by atoms with Crippen LogP contribution in [0.15, 0.2) is 34.8 Å². The molecule has 0 saturated carbocycles. The van der Waals surface area contributed by atoms with Gasteiger partial charge in [-0.05, 0) is 58.2 Å². The van der Waals surface area contributed by atoms with E-state index in [1.165, 1.54) is 18.2 Å². The lowest BCUT2D eigenvalue weighted by Gasteiger charge is -2.09. The summed E-state index contributed by atoms with van der Waals surface area (Å²) in [6.07, 6.45) is 0. The summed E-state index contributed by atoms with van der Waals surface area (Å²) in [7, 11) is 0. The van der Waals surface area contributed by atoms with Gasteiger partial charge in [0, 0.05) is 4.47 Å². The van der Waals surface area contributed by atoms with E-state index in [4.69, 9.17) is 10.5 Å². The molecule has 2 N–H and O–H groups in total. The molecule has 3 nitrogen and oxygen atoms in total. The fourth-order valence-electron chi connectivity index (χ4n) is 1.76. The van der Waals surface area contributed by atoms with Crippen LogP contribution in [0.2, 0.25) is 0 Å². The first-order chi connectivity index (χ1) is 9.88. The van der Waals surface area contributed by atoms with Crippen LogP contribution in [-0.4, -0.2) is 5.97 Å². The van der Waals surface area contributed by atoms with Crippen LogP contribution < -0.4 is 5.73 Å². The Morgan fingerprint density at radius 2 is 2.00 bits per heavy atom. The van der Waals surface area contributed by atoms with Crippen molar-refractivity contribution in [2.24, 2.45) is 0 Å². The van der Waals surface area contributed by atoms with Crippen LogP contribution in [0.25, 0.3) is 0 Å². The van der Waals surface area contributed by atoms with Gasteiger partial charge in [-0.1, -0.05) is 6.07 Å². The van der Waals surface area contributed by atoms with Crippen molar-refractivity contribution < 1.29 is 18.3 Å². The summed E-state index contributed by atoms with van der Waals surface area (Å²) in [4.78, 5) is 12.0. The molecule has 6 heteroatoms. The van der Waals surface area contributed by atoms with Crippen molar-refractivity contribution in [3.63, 3.8) is 0 Å². The number of carbonyl (C=O) groups is 1. The molecule has 0 fully saturated rings. The van der Waals surface area contributed by atoms with E-state index in [1.807, 2.05) is 0 Å². The largest absolute Gasteiger partial charge is 0.457 e. The second kappa shape index (κ2) is 6.22. The highest BCUT2D eigenvalue weighted by atomic mass is 79.9. The van der Waals surface area contributed by atoms with Crippen LogP contribution in [-0.2, 0) is 11.3 Å². The van der Waals surface area contributed by atoms with Crippen molar-refractivity contribution in [2.75, 3.05) is 5.73 Å². The van der Waals surface area contributed by atoms with Crippen LogP contribution in [0, 0.1) is 18.6 Å². The van der Waals surface area contributed by atoms with Crippen molar-refractivity contribution >= 4 is 27.6 Å². The van der Waals surface area contributed by atoms with Crippen molar-refractivity contribution in [1.82, 2.24) is 0 Å². The molecule has 2 aromatic rings. The summed E-state index contributed by atoms with van der Waals surface area (Å²) in [5.41, 5.74) is 6.80. The lowest BCUT2D eigenvalue weighted by atomic mass is 10.1. The molecule has 0 amide bonds. The van der Waals surface area contributed by atoms with Gasteiger partial charge in [-0.2, -0.15) is 0 Å². The van der Waals surface area contributed by atoms with Gasteiger partial charge < -0.3 is 10.5 Å². The summed E-state index contributed by atoms with van der Waals surface area (Å²) >= 11 is 3.09. The molecule has 2 aromatic carbocycles. The number of hydrogen-bond donors (Lipinski definition) is 1. The number of rotatable bonds is 3. The number of hydrogen-bond acceptors (Lipinski definition) is 3. The number of ether oxygens (including phenoxy) is 1. The third-order valence-electron chi connectivity index (χ3n) is 2.97. The number of aryl methyl sites for hydroxylation is 1. The summed E-state index contributed by atoms with van der Waals surface area (Å²) in [6, 6.07) is 6.51. The second-order valence-corrected chi connectivity index (χ2v) is 5.35. The highest BCUT2D eigenvalue weighted by Gasteiger charge is 2.15. The molecule has 21 heavy (non-hydrogen) atoms. The fraction of sp³-hybridized carbons (Fsp3) is 0.133. The lowest BCUT2D eigenvalue weighted by molar-refractivity contribution is 0.0471. The topological polar surface area (TPSA) is 52.3 Å². The SMILES string of the molecule is Cc1cc(F)ccc1COC(=O)c1cc(N)c(F)cc1Br. The zero-order valence-corrected chi connectivity index (χ0v) is 12.7. The van der Waals surface area contributed by atoms with Gasteiger partial charge in [-0.25, -0.2) is 13.6 Å². The summed E-state index contributed by atoms with van der Waals surface area (Å²) in [5.74, 6) is -1.61. The second-order valence-electron chi connectivity index (χ2n) is 4.50. The van der Waals surface area contributed by atoms with Gasteiger partial charge in [-0.15, -0.1) is 0 Å². The minimum Gasteiger partial charge on any atom is -0.457 e. The van der Waals surface area contributed by atoms with Gasteiger partial charge in [0.05, 0.1) is 11.3 Å². The number of carbonyl (C=O) groups excluding carboxylic acids is 1. The molecule has 0 radical (unpaired) electrons. The Bertz CT molecular complexity index is 704. The summed E-state index contributed by atoms with van der Waals surface area (Å²) in [5, 5.41) is 0. The maximum absolute atomic E-state index is 13.2. The van der Waals surface area contributed by atoms with Crippen molar-refractivity contribution in [2.45, 2.75) is 13.5 Å². The zero-order valence-electron chi connectivity index (χ0n) is 11.1. The van der Waals surface area contributed by atoms with Gasteiger partial charge in [0.15, 0.2) is 0 Å². The van der Waals surface area contributed by atoms with Gasteiger partial charge >= 0.3 is 5.97 Å². The van der Waals surface area contributed by atoms with Crippen LogP contribution >= 0.6 is 15.9 Å². The third-order valence-corrected chi connectivity index (χ3v) is 3.63. The van der Waals surface area contributed by atoms with E-state index in [0.717, 1.165) is 6.07 Å². The van der Waals surface area contributed by atoms with Gasteiger partial charge in [0.1, 0.15) is 18.2 Å². The lowest BCUT2D eigenvalue weighted by Crippen LogP contribution is -2.08. The highest BCUT2D eigenvalue weighted by molar-refractivity contribution is 9.10. The van der Waals surface area contributed by atoms with E-state index >= 15 is 0 Å². The Labute approximate surface area is 128 Å². The van der Waals surface area contributed by atoms with E-state index in [0.29, 0.717) is 11.1 Å². The van der Waals surface area contributed by atoms with Crippen molar-refractivity contribution in [3.05, 3.63) is 63.1 Å². The first-order valence-electron chi connectivity index (χ1n) is 6.05. The summed E-state index contributed by atoms with van der Waals surface area (Å²) < 4.78 is 31.6. The maximum Gasteiger partial charge on any atom is 0.339 e. The van der Waals surface area contributed by atoms with Gasteiger partial charge in [0.2, 0.25) is 0 Å². The predicted molar refractivity (Wildman–Crippen MR) is 78.8 cm³/mol. The van der Waals surface area contributed by atoms with Crippen molar-refractivity contribution in [1.29, 1.82) is 0 Å². The molecule has 0 unspecified atom stereocenters. The monoisotopic (exact) mass is 355 g/mol. The average molecular weight is 356 g/mol. The van der Waals surface area contributed by atoms with Crippen LogP contribution in [0.3, 0.4) is 0 Å². The Morgan fingerprint density at radius 1 is 1.29 bits per heavy atom. The molecule has 0 aliphatic heterocycles. The quantitative estimate of drug-likeness (QED) is 0.669. The molecule has 0 aliphatic carbocycles. The first kappa shape index (κ1) is 15.4. The normalized spacial score (nSPS) is 10.5.